The van der Waals surface area contributed by atoms with Crippen molar-refractivity contribution in [2.24, 2.45) is 0 Å². The van der Waals surface area contributed by atoms with Crippen LogP contribution >= 0.6 is 0 Å². The summed E-state index contributed by atoms with van der Waals surface area (Å²) in [7, 11) is 2.43. The lowest BCUT2D eigenvalue weighted by Crippen LogP contribution is -2.41. The predicted molar refractivity (Wildman–Crippen MR) is 257 cm³/mol. The second-order valence-corrected chi connectivity index (χ2v) is 16.9. The molecule has 1 aliphatic heterocycles. The van der Waals surface area contributed by atoms with Gasteiger partial charge in [-0.15, -0.1) is 0 Å². The van der Waals surface area contributed by atoms with Gasteiger partial charge in [0, 0.05) is 55.9 Å². The molecule has 0 spiro atoms. The van der Waals surface area contributed by atoms with Crippen LogP contribution in [0.3, 0.4) is 0 Å². The molecule has 9 aromatic carbocycles. The monoisotopic (exact) mass is 768 g/mol. The zero-order valence-electron chi connectivity index (χ0n) is 34.0. The van der Waals surface area contributed by atoms with Crippen LogP contribution in [0, 0.1) is 0 Å². The molecule has 0 saturated carbocycles. The third kappa shape index (κ3) is 5.98. The molecule has 0 unspecified atom stereocenters. The van der Waals surface area contributed by atoms with Crippen molar-refractivity contribution in [3.63, 3.8) is 0 Å². The Morgan fingerprint density at radius 3 is 1.87 bits per heavy atom. The van der Waals surface area contributed by atoms with Crippen molar-refractivity contribution >= 4 is 84.9 Å². The van der Waals surface area contributed by atoms with Gasteiger partial charge in [0.05, 0.1) is 11.2 Å². The van der Waals surface area contributed by atoms with Gasteiger partial charge in [0.1, 0.15) is 0 Å². The summed E-state index contributed by atoms with van der Waals surface area (Å²) in [5.41, 5.74) is 17.4. The highest BCUT2D eigenvalue weighted by Gasteiger charge is 2.32. The molecule has 285 valence electrons. The fourth-order valence-corrected chi connectivity index (χ4v) is 9.23. The van der Waals surface area contributed by atoms with Crippen molar-refractivity contribution < 1.29 is 0 Å². The third-order valence-electron chi connectivity index (χ3n) is 12.1. The molecule has 0 bridgehead atoms. The number of para-hydroxylation sites is 4. The minimum atomic E-state index is -0.0335. The van der Waals surface area contributed by atoms with Gasteiger partial charge in [-0.05, 0) is 99.0 Å². The zero-order valence-corrected chi connectivity index (χ0v) is 34.0. The van der Waals surface area contributed by atoms with Gasteiger partial charge < -0.3 is 14.8 Å². The molecule has 3 nitrogen and oxygen atoms in total. The molecule has 4 heteroatoms. The highest BCUT2D eigenvalue weighted by Crippen LogP contribution is 2.47. The summed E-state index contributed by atoms with van der Waals surface area (Å²) < 4.78 is 0. The Kier molecular flexibility index (Phi) is 8.49. The number of hydrogen-bond donors (Lipinski definition) is 1. The average Bonchev–Trinajstić information content (AvgIpc) is 3.67. The number of rotatable bonds is 6. The second-order valence-electron chi connectivity index (χ2n) is 16.9. The standard InChI is InChI=1S/C56H43BN3/c1-56(2,3)39-30-33-50(47(35-39)37-18-7-4-8-19-37)60-51-36-42(59(40-21-9-5-10-22-40)41-23-11-6-12-24-41)31-32-48(51)57-54-52(60)34-38-20-13-14-25-43(38)53(54)46-28-17-27-45-44-26-15-16-29-49(44)58-55(45)46/h4-36,58H,1-3H3. The van der Waals surface area contributed by atoms with Crippen LogP contribution in [0.25, 0.3) is 54.8 Å². The van der Waals surface area contributed by atoms with E-state index in [-0.39, 0.29) is 5.41 Å². The largest absolute Gasteiger partial charge is 0.354 e. The summed E-state index contributed by atoms with van der Waals surface area (Å²) in [5.74, 6) is 0. The Balaban J connectivity index is 1.23. The molecule has 0 amide bonds. The molecule has 1 aromatic heterocycles. The fourth-order valence-electron chi connectivity index (χ4n) is 9.23. The van der Waals surface area contributed by atoms with Crippen LogP contribution in [0.4, 0.5) is 34.1 Å². The number of aromatic amines is 1. The van der Waals surface area contributed by atoms with Gasteiger partial charge in [0.25, 0.3) is 0 Å². The lowest BCUT2D eigenvalue weighted by Gasteiger charge is -2.38. The molecule has 60 heavy (non-hydrogen) atoms. The molecular formula is C56H43BN3. The van der Waals surface area contributed by atoms with Crippen LogP contribution in [-0.2, 0) is 5.41 Å². The van der Waals surface area contributed by atoms with Crippen molar-refractivity contribution in [2.45, 2.75) is 26.2 Å². The Morgan fingerprint density at radius 2 is 1.13 bits per heavy atom. The van der Waals surface area contributed by atoms with E-state index in [1.807, 2.05) is 0 Å². The van der Waals surface area contributed by atoms with E-state index in [0.29, 0.717) is 0 Å². The van der Waals surface area contributed by atoms with Crippen LogP contribution in [0.15, 0.2) is 200 Å². The number of H-pyrrole nitrogens is 1. The van der Waals surface area contributed by atoms with E-state index in [1.165, 1.54) is 54.8 Å². The minimum Gasteiger partial charge on any atom is -0.354 e. The van der Waals surface area contributed by atoms with E-state index in [2.05, 4.69) is 243 Å². The smallest absolute Gasteiger partial charge is 0.197 e. The van der Waals surface area contributed by atoms with E-state index in [0.717, 1.165) is 50.6 Å². The van der Waals surface area contributed by atoms with Crippen molar-refractivity contribution in [3.8, 4) is 22.3 Å². The Labute approximate surface area is 352 Å². The van der Waals surface area contributed by atoms with Gasteiger partial charge in [-0.25, -0.2) is 0 Å². The number of hydrogen-bond acceptors (Lipinski definition) is 2. The summed E-state index contributed by atoms with van der Waals surface area (Å²) in [6.07, 6.45) is 0. The molecule has 0 saturated heterocycles. The molecule has 10 aromatic rings. The lowest BCUT2D eigenvalue weighted by molar-refractivity contribution is 0.590. The summed E-state index contributed by atoms with van der Waals surface area (Å²) in [5, 5.41) is 4.89. The number of benzene rings is 9. The van der Waals surface area contributed by atoms with Crippen LogP contribution in [0.5, 0.6) is 0 Å². The van der Waals surface area contributed by atoms with E-state index in [9.17, 15) is 0 Å². The maximum Gasteiger partial charge on any atom is 0.197 e. The van der Waals surface area contributed by atoms with Crippen molar-refractivity contribution in [2.75, 3.05) is 9.80 Å². The van der Waals surface area contributed by atoms with Crippen molar-refractivity contribution in [3.05, 3.63) is 206 Å². The van der Waals surface area contributed by atoms with Gasteiger partial charge >= 0.3 is 0 Å². The Bertz CT molecular complexity index is 3180. The molecule has 0 aliphatic carbocycles. The topological polar surface area (TPSA) is 22.3 Å². The summed E-state index contributed by atoms with van der Waals surface area (Å²) >= 11 is 0. The number of fused-ring (bicyclic) bond motifs is 6. The molecule has 1 radical (unpaired) electrons. The molecule has 11 rings (SSSR count). The lowest BCUT2D eigenvalue weighted by atomic mass is 9.57. The third-order valence-corrected chi connectivity index (χ3v) is 12.1. The maximum absolute atomic E-state index is 3.85. The van der Waals surface area contributed by atoms with Crippen LogP contribution in [-0.4, -0.2) is 12.3 Å². The first-order valence-corrected chi connectivity index (χ1v) is 20.9. The number of anilines is 6. The maximum atomic E-state index is 3.85. The van der Waals surface area contributed by atoms with Gasteiger partial charge in [0.15, 0.2) is 7.28 Å². The van der Waals surface area contributed by atoms with Crippen LogP contribution in [0.2, 0.25) is 0 Å². The van der Waals surface area contributed by atoms with E-state index < -0.39 is 0 Å². The quantitative estimate of drug-likeness (QED) is 0.170. The van der Waals surface area contributed by atoms with Gasteiger partial charge in [-0.2, -0.15) is 0 Å². The summed E-state index contributed by atoms with van der Waals surface area (Å²) in [6.45, 7) is 6.90. The average molecular weight is 769 g/mol. The van der Waals surface area contributed by atoms with Crippen LogP contribution < -0.4 is 20.7 Å². The number of aromatic nitrogens is 1. The molecule has 1 N–H and O–H groups in total. The first-order valence-electron chi connectivity index (χ1n) is 20.9. The molecule has 1 aliphatic rings. The number of nitrogens with zero attached hydrogens (tertiary/aromatic N) is 2. The van der Waals surface area contributed by atoms with Gasteiger partial charge in [0.2, 0.25) is 0 Å². The zero-order chi connectivity index (χ0) is 40.4. The predicted octanol–water partition coefficient (Wildman–Crippen LogP) is 14.0. The molecule has 2 heterocycles. The Morgan fingerprint density at radius 1 is 0.483 bits per heavy atom. The van der Waals surface area contributed by atoms with Crippen molar-refractivity contribution in [1.29, 1.82) is 0 Å². The van der Waals surface area contributed by atoms with Crippen molar-refractivity contribution in [1.82, 2.24) is 4.98 Å². The molecule has 0 atom stereocenters. The first kappa shape index (κ1) is 35.8. The van der Waals surface area contributed by atoms with E-state index >= 15 is 0 Å². The first-order chi connectivity index (χ1) is 29.4. The van der Waals surface area contributed by atoms with Gasteiger partial charge in [-0.1, -0.05) is 166 Å². The highest BCUT2D eigenvalue weighted by atomic mass is 15.2. The molecule has 0 fully saturated rings. The Hall–Kier alpha value is -7.30. The van der Waals surface area contributed by atoms with Crippen LogP contribution in [0.1, 0.15) is 26.3 Å². The van der Waals surface area contributed by atoms with E-state index in [1.54, 1.807) is 0 Å². The summed E-state index contributed by atoms with van der Waals surface area (Å²) in [4.78, 5) is 8.75. The second kappa shape index (κ2) is 14.2. The minimum absolute atomic E-state index is 0.0335. The molecular weight excluding hydrogens is 725 g/mol. The summed E-state index contributed by atoms with van der Waals surface area (Å²) in [6, 6.07) is 73.0. The van der Waals surface area contributed by atoms with Gasteiger partial charge in [-0.3, -0.25) is 0 Å². The highest BCUT2D eigenvalue weighted by molar-refractivity contribution is 6.74. The van der Waals surface area contributed by atoms with E-state index in [4.69, 9.17) is 0 Å². The normalized spacial score (nSPS) is 12.3. The fraction of sp³-hybridized carbons (Fsp3) is 0.0714. The SMILES string of the molecule is CC(C)(C)c1ccc(N2c3cc(N(c4ccccc4)c4ccccc4)ccc3[B]c3c2cc2ccccc2c3-c2cccc3c2[nH]c2ccccc23)c(-c2ccccc2)c1. The number of nitrogens with one attached hydrogen (secondary N) is 1.